The number of hydrogen-bond donors (Lipinski definition) is 2. The van der Waals surface area contributed by atoms with Crippen LogP contribution < -0.4 is 5.32 Å². The van der Waals surface area contributed by atoms with Crippen molar-refractivity contribution in [1.29, 1.82) is 0 Å². The van der Waals surface area contributed by atoms with Crippen LogP contribution in [0.5, 0.6) is 0 Å². The van der Waals surface area contributed by atoms with Crippen molar-refractivity contribution in [1.82, 2.24) is 5.32 Å². The van der Waals surface area contributed by atoms with Gasteiger partial charge in [-0.25, -0.2) is 4.79 Å². The predicted octanol–water partition coefficient (Wildman–Crippen LogP) is 6.74. The summed E-state index contributed by atoms with van der Waals surface area (Å²) in [7, 11) is 0. The zero-order chi connectivity index (χ0) is 21.7. The summed E-state index contributed by atoms with van der Waals surface area (Å²) in [5.41, 5.74) is 1.53. The lowest BCUT2D eigenvalue weighted by molar-refractivity contribution is -0.141. The summed E-state index contributed by atoms with van der Waals surface area (Å²) in [5, 5.41) is 11.8. The Balaban J connectivity index is 3.61. The SMILES string of the molecule is CCCCCCCC/C(C)=C\CCCCCCCC(=O)NC(CCSC)C(=O)O. The molecular weight excluding hydrogens is 382 g/mol. The molecule has 0 aromatic rings. The van der Waals surface area contributed by atoms with E-state index in [1.54, 1.807) is 11.8 Å². The summed E-state index contributed by atoms with van der Waals surface area (Å²) in [6, 6.07) is -0.749. The molecule has 170 valence electrons. The van der Waals surface area contributed by atoms with Gasteiger partial charge in [0.2, 0.25) is 5.91 Å². The van der Waals surface area contributed by atoms with Gasteiger partial charge in [0.25, 0.3) is 0 Å². The molecule has 0 aliphatic rings. The number of thioether (sulfide) groups is 1. The van der Waals surface area contributed by atoms with Gasteiger partial charge < -0.3 is 10.4 Å². The van der Waals surface area contributed by atoms with Gasteiger partial charge in [0, 0.05) is 6.42 Å². The van der Waals surface area contributed by atoms with Gasteiger partial charge >= 0.3 is 5.97 Å². The molecule has 0 rings (SSSR count). The summed E-state index contributed by atoms with van der Waals surface area (Å²) in [4.78, 5) is 23.1. The highest BCUT2D eigenvalue weighted by molar-refractivity contribution is 7.98. The van der Waals surface area contributed by atoms with Crippen molar-refractivity contribution >= 4 is 23.6 Å². The Morgan fingerprint density at radius 3 is 2.14 bits per heavy atom. The minimum Gasteiger partial charge on any atom is -0.480 e. The van der Waals surface area contributed by atoms with Gasteiger partial charge in [-0.1, -0.05) is 69.9 Å². The quantitative estimate of drug-likeness (QED) is 0.167. The molecule has 0 heterocycles. The maximum Gasteiger partial charge on any atom is 0.326 e. The minimum atomic E-state index is -0.938. The summed E-state index contributed by atoms with van der Waals surface area (Å²) < 4.78 is 0. The minimum absolute atomic E-state index is 0.133. The van der Waals surface area contributed by atoms with Gasteiger partial charge in [-0.3, -0.25) is 4.79 Å². The lowest BCUT2D eigenvalue weighted by Gasteiger charge is -2.13. The van der Waals surface area contributed by atoms with Crippen molar-refractivity contribution in [2.45, 2.75) is 116 Å². The first-order valence-electron chi connectivity index (χ1n) is 11.7. The lowest BCUT2D eigenvalue weighted by atomic mass is 10.0. The van der Waals surface area contributed by atoms with Crippen LogP contribution in [-0.4, -0.2) is 35.0 Å². The Morgan fingerprint density at radius 2 is 1.52 bits per heavy atom. The molecule has 0 aliphatic heterocycles. The highest BCUT2D eigenvalue weighted by Gasteiger charge is 2.18. The fourth-order valence-electron chi connectivity index (χ4n) is 3.35. The molecule has 0 spiro atoms. The molecule has 29 heavy (non-hydrogen) atoms. The predicted molar refractivity (Wildman–Crippen MR) is 127 cm³/mol. The van der Waals surface area contributed by atoms with E-state index in [4.69, 9.17) is 5.11 Å². The van der Waals surface area contributed by atoms with Crippen molar-refractivity contribution in [3.63, 3.8) is 0 Å². The molecule has 0 fully saturated rings. The number of allylic oxidation sites excluding steroid dienone is 2. The molecule has 1 amide bonds. The van der Waals surface area contributed by atoms with Crippen molar-refractivity contribution in [2.24, 2.45) is 0 Å². The van der Waals surface area contributed by atoms with Gasteiger partial charge in [0.1, 0.15) is 6.04 Å². The molecule has 0 saturated carbocycles. The Kier molecular flexibility index (Phi) is 19.6. The fourth-order valence-corrected chi connectivity index (χ4v) is 3.83. The number of nitrogens with one attached hydrogen (secondary N) is 1. The fraction of sp³-hybridized carbons (Fsp3) is 0.833. The Bertz CT molecular complexity index is 451. The third kappa shape index (κ3) is 18.8. The maximum absolute atomic E-state index is 11.9. The van der Waals surface area contributed by atoms with E-state index < -0.39 is 12.0 Å². The number of aliphatic carboxylic acids is 1. The summed E-state index contributed by atoms with van der Waals surface area (Å²) in [6.45, 7) is 4.52. The van der Waals surface area contributed by atoms with Crippen LogP contribution in [-0.2, 0) is 9.59 Å². The van der Waals surface area contributed by atoms with Crippen LogP contribution in [0.2, 0.25) is 0 Å². The monoisotopic (exact) mass is 427 g/mol. The second-order valence-electron chi connectivity index (χ2n) is 8.11. The van der Waals surface area contributed by atoms with Crippen LogP contribution in [0.4, 0.5) is 0 Å². The van der Waals surface area contributed by atoms with Crippen molar-refractivity contribution in [3.8, 4) is 0 Å². The molecule has 1 atom stereocenters. The average Bonchev–Trinajstić information content (AvgIpc) is 2.69. The molecule has 0 aromatic carbocycles. The van der Waals surface area contributed by atoms with E-state index in [-0.39, 0.29) is 5.91 Å². The van der Waals surface area contributed by atoms with Gasteiger partial charge in [0.05, 0.1) is 0 Å². The highest BCUT2D eigenvalue weighted by atomic mass is 32.2. The third-order valence-corrected chi connectivity index (χ3v) is 5.91. The Hall–Kier alpha value is -0.970. The molecule has 0 bridgehead atoms. The molecule has 0 saturated heterocycles. The van der Waals surface area contributed by atoms with E-state index in [0.717, 1.165) is 31.4 Å². The summed E-state index contributed by atoms with van der Waals surface area (Å²) in [6.07, 6.45) is 21.3. The van der Waals surface area contributed by atoms with Crippen LogP contribution in [0, 0.1) is 0 Å². The first-order valence-corrected chi connectivity index (χ1v) is 13.1. The van der Waals surface area contributed by atoms with E-state index in [1.807, 2.05) is 6.26 Å². The summed E-state index contributed by atoms with van der Waals surface area (Å²) in [5.74, 6) is -0.330. The standard InChI is InChI=1S/C24H45NO3S/c1-4-5-6-7-10-13-16-21(2)17-14-11-8-9-12-15-18-23(26)25-22(24(27)28)19-20-29-3/h17,22H,4-16,18-20H2,1-3H3,(H,25,26)(H,27,28)/b21-17-. The van der Waals surface area contributed by atoms with Crippen LogP contribution in [0.25, 0.3) is 0 Å². The lowest BCUT2D eigenvalue weighted by Crippen LogP contribution is -2.41. The average molecular weight is 428 g/mol. The Morgan fingerprint density at radius 1 is 0.931 bits per heavy atom. The van der Waals surface area contributed by atoms with Crippen LogP contribution in [0.3, 0.4) is 0 Å². The van der Waals surface area contributed by atoms with Gasteiger partial charge in [-0.2, -0.15) is 11.8 Å². The van der Waals surface area contributed by atoms with Crippen molar-refractivity contribution in [2.75, 3.05) is 12.0 Å². The number of carbonyl (C=O) groups is 2. The van der Waals surface area contributed by atoms with E-state index in [9.17, 15) is 9.59 Å². The number of carboxylic acid groups (broad SMARTS) is 1. The molecule has 5 heteroatoms. The summed E-state index contributed by atoms with van der Waals surface area (Å²) >= 11 is 1.60. The third-order valence-electron chi connectivity index (χ3n) is 5.27. The zero-order valence-corrected chi connectivity index (χ0v) is 20.0. The van der Waals surface area contributed by atoms with Crippen LogP contribution in [0.15, 0.2) is 11.6 Å². The van der Waals surface area contributed by atoms with Gasteiger partial charge in [0.15, 0.2) is 0 Å². The molecule has 0 aromatic heterocycles. The maximum atomic E-state index is 11.9. The van der Waals surface area contributed by atoms with Crippen LogP contribution >= 0.6 is 11.8 Å². The zero-order valence-electron chi connectivity index (χ0n) is 19.1. The molecule has 0 radical (unpaired) electrons. The second kappa shape index (κ2) is 20.3. The number of amides is 1. The first kappa shape index (κ1) is 28.0. The van der Waals surface area contributed by atoms with Crippen molar-refractivity contribution < 1.29 is 14.7 Å². The smallest absolute Gasteiger partial charge is 0.326 e. The number of rotatable bonds is 20. The molecule has 0 aliphatic carbocycles. The second-order valence-corrected chi connectivity index (χ2v) is 9.10. The van der Waals surface area contributed by atoms with E-state index in [0.29, 0.717) is 12.8 Å². The largest absolute Gasteiger partial charge is 0.480 e. The number of hydrogen-bond acceptors (Lipinski definition) is 3. The molecule has 4 nitrogen and oxygen atoms in total. The van der Waals surface area contributed by atoms with Gasteiger partial charge in [-0.05, 0) is 57.5 Å². The number of carboxylic acids is 1. The number of unbranched alkanes of at least 4 members (excludes halogenated alkanes) is 10. The topological polar surface area (TPSA) is 66.4 Å². The Labute approximate surface area is 183 Å². The molecular formula is C24H45NO3S. The molecule has 2 N–H and O–H groups in total. The van der Waals surface area contributed by atoms with E-state index in [2.05, 4.69) is 25.2 Å². The highest BCUT2D eigenvalue weighted by Crippen LogP contribution is 2.14. The normalized spacial score (nSPS) is 12.7. The molecule has 1 unspecified atom stereocenters. The van der Waals surface area contributed by atoms with E-state index in [1.165, 1.54) is 63.4 Å². The van der Waals surface area contributed by atoms with E-state index >= 15 is 0 Å². The van der Waals surface area contributed by atoms with Crippen molar-refractivity contribution in [3.05, 3.63) is 11.6 Å². The van der Waals surface area contributed by atoms with Gasteiger partial charge in [-0.15, -0.1) is 0 Å². The van der Waals surface area contributed by atoms with Crippen LogP contribution in [0.1, 0.15) is 110 Å². The number of carbonyl (C=O) groups excluding carboxylic acids is 1. The first-order chi connectivity index (χ1) is 14.0.